The summed E-state index contributed by atoms with van der Waals surface area (Å²) in [6.45, 7) is 1.88. The van der Waals surface area contributed by atoms with Gasteiger partial charge in [-0.3, -0.25) is 0 Å². The number of fused-ring (bicyclic) bond motifs is 1. The lowest BCUT2D eigenvalue weighted by Gasteiger charge is -2.26. The van der Waals surface area contributed by atoms with Crippen molar-refractivity contribution < 1.29 is 17.9 Å². The number of aromatic nitrogens is 4. The molecule has 0 amide bonds. The molecule has 166 valence electrons. The van der Waals surface area contributed by atoms with Gasteiger partial charge in [0.05, 0.1) is 14.2 Å². The third kappa shape index (κ3) is 4.12. The zero-order valence-electron chi connectivity index (χ0n) is 17.2. The zero-order chi connectivity index (χ0) is 22.0. The van der Waals surface area contributed by atoms with Gasteiger partial charge in [-0.2, -0.15) is 18.9 Å². The molecular weight excluding hydrogens is 444 g/mol. The van der Waals surface area contributed by atoms with Gasteiger partial charge in [0.25, 0.3) is 5.78 Å². The van der Waals surface area contributed by atoms with Crippen LogP contribution in [0.3, 0.4) is 0 Å². The summed E-state index contributed by atoms with van der Waals surface area (Å²) in [6, 6.07) is 5.64. The smallest absolute Gasteiger partial charge is 0.254 e. The molecule has 0 saturated carbocycles. The van der Waals surface area contributed by atoms with Gasteiger partial charge in [-0.05, 0) is 24.1 Å². The van der Waals surface area contributed by atoms with E-state index in [0.29, 0.717) is 49.9 Å². The van der Waals surface area contributed by atoms with Crippen LogP contribution < -0.4 is 14.4 Å². The lowest BCUT2D eigenvalue weighted by molar-refractivity contribution is 0.355. The van der Waals surface area contributed by atoms with Crippen molar-refractivity contribution in [3.05, 3.63) is 30.7 Å². The Balaban J connectivity index is 1.78. The van der Waals surface area contributed by atoms with Gasteiger partial charge in [-0.25, -0.2) is 13.4 Å². The van der Waals surface area contributed by atoms with Crippen LogP contribution in [-0.2, 0) is 10.0 Å². The van der Waals surface area contributed by atoms with Gasteiger partial charge in [0.1, 0.15) is 17.4 Å². The zero-order valence-corrected chi connectivity index (χ0v) is 18.8. The van der Waals surface area contributed by atoms with Crippen molar-refractivity contribution in [1.29, 1.82) is 0 Å². The highest BCUT2D eigenvalue weighted by molar-refractivity contribution is 7.90. The van der Waals surface area contributed by atoms with Crippen molar-refractivity contribution in [3.8, 4) is 22.6 Å². The monoisotopic (exact) mass is 466 g/mol. The summed E-state index contributed by atoms with van der Waals surface area (Å²) in [6.07, 6.45) is 3.85. The van der Waals surface area contributed by atoms with E-state index in [9.17, 15) is 8.42 Å². The number of nitrogens with zero attached hydrogens (tertiary/aromatic N) is 6. The molecule has 3 aromatic rings. The summed E-state index contributed by atoms with van der Waals surface area (Å²) in [4.78, 5) is 10.7. The van der Waals surface area contributed by atoms with E-state index >= 15 is 0 Å². The van der Waals surface area contributed by atoms with Gasteiger partial charge in [0.15, 0.2) is 11.5 Å². The maximum absolute atomic E-state index is 12.3. The molecule has 3 heterocycles. The molecule has 0 unspecified atom stereocenters. The number of hydrogen-bond acceptors (Lipinski definition) is 8. The Morgan fingerprint density at radius 3 is 2.61 bits per heavy atom. The van der Waals surface area contributed by atoms with E-state index in [4.69, 9.17) is 21.1 Å². The summed E-state index contributed by atoms with van der Waals surface area (Å²) in [5.41, 5.74) is 1.69. The first kappa shape index (κ1) is 21.6. The molecule has 10 nitrogen and oxygen atoms in total. The van der Waals surface area contributed by atoms with Gasteiger partial charge in [0.2, 0.25) is 10.0 Å². The van der Waals surface area contributed by atoms with E-state index in [-0.39, 0.29) is 0 Å². The molecule has 1 aromatic carbocycles. The summed E-state index contributed by atoms with van der Waals surface area (Å²) >= 11 is 5.66. The average molecular weight is 467 g/mol. The molecule has 0 N–H and O–H groups in total. The van der Waals surface area contributed by atoms with Crippen molar-refractivity contribution >= 4 is 33.2 Å². The number of halogens is 1. The fourth-order valence-electron chi connectivity index (χ4n) is 3.73. The van der Waals surface area contributed by atoms with E-state index in [1.165, 1.54) is 10.6 Å². The second-order valence-corrected chi connectivity index (χ2v) is 9.55. The minimum absolute atomic E-state index is 0.332. The quantitative estimate of drug-likeness (QED) is 0.507. The lowest BCUT2D eigenvalue weighted by Crippen LogP contribution is -2.36. The van der Waals surface area contributed by atoms with Crippen LogP contribution in [-0.4, -0.2) is 77.9 Å². The van der Waals surface area contributed by atoms with Crippen molar-refractivity contribution in [2.45, 2.75) is 6.42 Å². The topological polar surface area (TPSA) is 102 Å². The fourth-order valence-corrected chi connectivity index (χ4v) is 5.05. The molecule has 2 aromatic heterocycles. The molecule has 0 aliphatic carbocycles. The van der Waals surface area contributed by atoms with Crippen LogP contribution in [0.4, 0.5) is 5.82 Å². The molecular formula is C19H23ClN6O4S. The molecule has 4 rings (SSSR count). The number of ether oxygens (including phenoxy) is 2. The summed E-state index contributed by atoms with van der Waals surface area (Å²) in [5.74, 6) is 2.48. The Kier molecular flexibility index (Phi) is 6.17. The van der Waals surface area contributed by atoms with E-state index < -0.39 is 15.2 Å². The molecule has 0 atom stereocenters. The predicted molar refractivity (Wildman–Crippen MR) is 117 cm³/mol. The number of hydrogen-bond donors (Lipinski definition) is 0. The van der Waals surface area contributed by atoms with Crippen LogP contribution in [0.1, 0.15) is 6.42 Å². The Morgan fingerprint density at radius 1 is 1.06 bits per heavy atom. The van der Waals surface area contributed by atoms with E-state index in [1.54, 1.807) is 24.9 Å². The van der Waals surface area contributed by atoms with Crippen LogP contribution in [0.25, 0.3) is 16.9 Å². The molecule has 1 aliphatic heterocycles. The first-order valence-corrected chi connectivity index (χ1v) is 11.8. The SMILES string of the molecule is COc1ccc(-c2cnc3ncnn3c2N2CCCN(S(=O)(=O)CCl)CC2)cc1OC. The number of rotatable bonds is 6. The highest BCUT2D eigenvalue weighted by Gasteiger charge is 2.27. The maximum Gasteiger partial charge on any atom is 0.254 e. The van der Waals surface area contributed by atoms with Crippen LogP contribution in [0, 0.1) is 0 Å². The maximum atomic E-state index is 12.3. The first-order valence-electron chi connectivity index (χ1n) is 9.68. The molecule has 0 bridgehead atoms. The Hall–Kier alpha value is -2.63. The highest BCUT2D eigenvalue weighted by atomic mass is 35.5. The second kappa shape index (κ2) is 8.85. The van der Waals surface area contributed by atoms with Crippen molar-refractivity contribution in [2.75, 3.05) is 50.5 Å². The van der Waals surface area contributed by atoms with Crippen LogP contribution >= 0.6 is 11.6 Å². The van der Waals surface area contributed by atoms with Gasteiger partial charge in [-0.15, -0.1) is 11.6 Å². The highest BCUT2D eigenvalue weighted by Crippen LogP contribution is 2.36. The number of benzene rings is 1. The minimum atomic E-state index is -3.47. The van der Waals surface area contributed by atoms with Gasteiger partial charge in [-0.1, -0.05) is 6.07 Å². The van der Waals surface area contributed by atoms with E-state index in [1.807, 2.05) is 18.2 Å². The first-order chi connectivity index (χ1) is 15.0. The number of alkyl halides is 1. The van der Waals surface area contributed by atoms with Gasteiger partial charge < -0.3 is 14.4 Å². The van der Waals surface area contributed by atoms with E-state index in [2.05, 4.69) is 20.0 Å². The largest absolute Gasteiger partial charge is 0.493 e. The number of methoxy groups -OCH3 is 2. The second-order valence-electron chi connectivity index (χ2n) is 7.00. The summed E-state index contributed by atoms with van der Waals surface area (Å²) in [5, 5.41) is 3.94. The molecule has 1 fully saturated rings. The normalized spacial score (nSPS) is 15.8. The summed E-state index contributed by atoms with van der Waals surface area (Å²) < 4.78 is 38.4. The molecule has 1 saturated heterocycles. The van der Waals surface area contributed by atoms with Crippen LogP contribution in [0.5, 0.6) is 11.5 Å². The molecule has 1 aliphatic rings. The van der Waals surface area contributed by atoms with Crippen LogP contribution in [0.15, 0.2) is 30.7 Å². The van der Waals surface area contributed by atoms with Gasteiger partial charge >= 0.3 is 0 Å². The Labute approximate surface area is 185 Å². The molecule has 31 heavy (non-hydrogen) atoms. The molecule has 0 radical (unpaired) electrons. The Bertz CT molecular complexity index is 1190. The van der Waals surface area contributed by atoms with Crippen molar-refractivity contribution in [1.82, 2.24) is 23.9 Å². The lowest BCUT2D eigenvalue weighted by atomic mass is 10.1. The van der Waals surface area contributed by atoms with Crippen molar-refractivity contribution in [3.63, 3.8) is 0 Å². The number of anilines is 1. The third-order valence-electron chi connectivity index (χ3n) is 5.26. The molecule has 0 spiro atoms. The number of sulfonamides is 1. The third-order valence-corrected chi connectivity index (χ3v) is 7.52. The van der Waals surface area contributed by atoms with E-state index in [0.717, 1.165) is 16.9 Å². The standard InChI is InChI=1S/C19H23ClN6O4S/c1-29-16-5-4-14(10-17(16)30-2)15-11-21-19-22-13-23-26(19)18(15)24-6-3-7-25(9-8-24)31(27,28)12-20/h4-5,10-11,13H,3,6-9,12H2,1-2H3. The average Bonchev–Trinajstić information content (AvgIpc) is 3.13. The minimum Gasteiger partial charge on any atom is -0.493 e. The van der Waals surface area contributed by atoms with Crippen LogP contribution in [0.2, 0.25) is 0 Å². The summed E-state index contributed by atoms with van der Waals surface area (Å²) in [7, 11) is -0.294. The predicted octanol–water partition coefficient (Wildman–Crippen LogP) is 1.85. The van der Waals surface area contributed by atoms with Crippen molar-refractivity contribution in [2.24, 2.45) is 0 Å². The van der Waals surface area contributed by atoms with Gasteiger partial charge in [0, 0.05) is 37.9 Å². The molecule has 12 heteroatoms. The Morgan fingerprint density at radius 2 is 1.87 bits per heavy atom. The fraction of sp³-hybridized carbons (Fsp3) is 0.421.